The van der Waals surface area contributed by atoms with Gasteiger partial charge in [0.1, 0.15) is 0 Å². The molecule has 0 amide bonds. The van der Waals surface area contributed by atoms with E-state index in [-0.39, 0.29) is 6.42 Å². The fourth-order valence-corrected chi connectivity index (χ4v) is 0.799. The lowest BCUT2D eigenvalue weighted by Crippen LogP contribution is -2.32. The second kappa shape index (κ2) is 2.56. The van der Waals surface area contributed by atoms with Crippen molar-refractivity contribution in [2.45, 2.75) is 25.0 Å². The molecule has 0 radical (unpaired) electrons. The standard InChI is InChI=1S/C5H9NO3S/c1-3-5(2,4-6)10(7,8)9/h3H2,1-2H3,(H,7,8,9). The lowest BCUT2D eigenvalue weighted by atomic mass is 10.1. The van der Waals surface area contributed by atoms with Gasteiger partial charge in [-0.3, -0.25) is 4.55 Å². The Morgan fingerprint density at radius 3 is 2.10 bits per heavy atom. The van der Waals surface area contributed by atoms with Crippen LogP contribution in [0, 0.1) is 11.3 Å². The Kier molecular flexibility index (Phi) is 2.41. The van der Waals surface area contributed by atoms with E-state index in [2.05, 4.69) is 0 Å². The summed E-state index contributed by atoms with van der Waals surface area (Å²) in [5.41, 5.74) is 0. The summed E-state index contributed by atoms with van der Waals surface area (Å²) in [5, 5.41) is 8.33. The largest absolute Gasteiger partial charge is 0.284 e. The highest BCUT2D eigenvalue weighted by atomic mass is 32.2. The second-order valence-electron chi connectivity index (χ2n) is 2.17. The summed E-state index contributed by atoms with van der Waals surface area (Å²) < 4.78 is 27.7. The first-order chi connectivity index (χ1) is 4.37. The quantitative estimate of drug-likeness (QED) is 0.603. The van der Waals surface area contributed by atoms with Gasteiger partial charge in [-0.25, -0.2) is 0 Å². The third-order valence-electron chi connectivity index (χ3n) is 1.48. The Morgan fingerprint density at radius 1 is 1.70 bits per heavy atom. The van der Waals surface area contributed by atoms with Crippen molar-refractivity contribution in [2.24, 2.45) is 0 Å². The molecule has 0 aliphatic heterocycles. The molecule has 0 aliphatic carbocycles. The van der Waals surface area contributed by atoms with Crippen LogP contribution in [-0.2, 0) is 10.1 Å². The van der Waals surface area contributed by atoms with Crippen LogP contribution < -0.4 is 0 Å². The van der Waals surface area contributed by atoms with Gasteiger partial charge in [0.2, 0.25) is 0 Å². The van der Waals surface area contributed by atoms with E-state index in [1.807, 2.05) is 0 Å². The van der Waals surface area contributed by atoms with E-state index >= 15 is 0 Å². The van der Waals surface area contributed by atoms with Crippen LogP contribution in [0.1, 0.15) is 20.3 Å². The summed E-state index contributed by atoms with van der Waals surface area (Å²) in [7, 11) is -4.23. The predicted octanol–water partition coefficient (Wildman–Crippen LogP) is 0.566. The molecule has 0 saturated carbocycles. The molecule has 0 aromatic carbocycles. The molecule has 58 valence electrons. The van der Waals surface area contributed by atoms with E-state index in [1.165, 1.54) is 19.9 Å². The first kappa shape index (κ1) is 9.40. The lowest BCUT2D eigenvalue weighted by molar-refractivity contribution is 0.452. The zero-order chi connectivity index (χ0) is 8.41. The van der Waals surface area contributed by atoms with Gasteiger partial charge in [0.05, 0.1) is 6.07 Å². The highest BCUT2D eigenvalue weighted by molar-refractivity contribution is 7.87. The number of nitriles is 1. The van der Waals surface area contributed by atoms with Gasteiger partial charge in [-0.1, -0.05) is 6.92 Å². The number of hydrogen-bond acceptors (Lipinski definition) is 3. The molecule has 0 aromatic rings. The van der Waals surface area contributed by atoms with E-state index in [9.17, 15) is 8.42 Å². The number of rotatable bonds is 2. The fraction of sp³-hybridized carbons (Fsp3) is 0.800. The first-order valence-corrected chi connectivity index (χ1v) is 4.19. The Bertz CT molecular complexity index is 251. The third-order valence-corrected chi connectivity index (χ3v) is 3.00. The average Bonchev–Trinajstić information content (AvgIpc) is 1.84. The summed E-state index contributed by atoms with van der Waals surface area (Å²) in [6.07, 6.45) is 0.0856. The number of nitrogens with zero attached hydrogens (tertiary/aromatic N) is 1. The molecule has 0 aliphatic rings. The highest BCUT2D eigenvalue weighted by Crippen LogP contribution is 2.17. The second-order valence-corrected chi connectivity index (χ2v) is 4.02. The van der Waals surface area contributed by atoms with Gasteiger partial charge in [0, 0.05) is 0 Å². The van der Waals surface area contributed by atoms with Gasteiger partial charge in [0.25, 0.3) is 10.1 Å². The maximum atomic E-state index is 10.4. The molecule has 1 N–H and O–H groups in total. The maximum Gasteiger partial charge on any atom is 0.283 e. The lowest BCUT2D eigenvalue weighted by Gasteiger charge is -2.13. The minimum atomic E-state index is -4.23. The van der Waals surface area contributed by atoms with Crippen LogP contribution in [-0.4, -0.2) is 17.7 Å². The van der Waals surface area contributed by atoms with Crippen LogP contribution in [0.3, 0.4) is 0 Å². The highest BCUT2D eigenvalue weighted by Gasteiger charge is 2.36. The molecule has 0 heterocycles. The third kappa shape index (κ3) is 1.46. The van der Waals surface area contributed by atoms with Crippen molar-refractivity contribution in [3.63, 3.8) is 0 Å². The van der Waals surface area contributed by atoms with Crippen LogP contribution in [0.2, 0.25) is 0 Å². The zero-order valence-corrected chi connectivity index (χ0v) is 6.64. The van der Waals surface area contributed by atoms with Crippen LogP contribution in [0.5, 0.6) is 0 Å². The predicted molar refractivity (Wildman–Crippen MR) is 35.9 cm³/mol. The van der Waals surface area contributed by atoms with Gasteiger partial charge < -0.3 is 0 Å². The van der Waals surface area contributed by atoms with Crippen LogP contribution in [0.25, 0.3) is 0 Å². The van der Waals surface area contributed by atoms with E-state index in [0.29, 0.717) is 0 Å². The molecule has 4 nitrogen and oxygen atoms in total. The average molecular weight is 163 g/mol. The minimum absolute atomic E-state index is 0.0856. The summed E-state index contributed by atoms with van der Waals surface area (Å²) in [5.74, 6) is 0. The van der Waals surface area contributed by atoms with E-state index in [0.717, 1.165) is 0 Å². The van der Waals surface area contributed by atoms with Crippen molar-refractivity contribution in [3.05, 3.63) is 0 Å². The van der Waals surface area contributed by atoms with E-state index in [4.69, 9.17) is 9.81 Å². The normalized spacial score (nSPS) is 17.4. The van der Waals surface area contributed by atoms with E-state index < -0.39 is 14.9 Å². The van der Waals surface area contributed by atoms with Crippen molar-refractivity contribution in [1.82, 2.24) is 0 Å². The molecule has 0 rings (SSSR count). The first-order valence-electron chi connectivity index (χ1n) is 2.75. The SMILES string of the molecule is CCC(C)(C#N)S(=O)(=O)O. The molecular weight excluding hydrogens is 154 g/mol. The molecule has 0 fully saturated rings. The van der Waals surface area contributed by atoms with Crippen LogP contribution in [0.15, 0.2) is 0 Å². The van der Waals surface area contributed by atoms with Gasteiger partial charge in [0.15, 0.2) is 4.75 Å². The van der Waals surface area contributed by atoms with Crippen LogP contribution >= 0.6 is 0 Å². The van der Waals surface area contributed by atoms with Crippen molar-refractivity contribution in [2.75, 3.05) is 0 Å². The summed E-state index contributed by atoms with van der Waals surface area (Å²) in [4.78, 5) is 0. The van der Waals surface area contributed by atoms with Crippen molar-refractivity contribution in [3.8, 4) is 6.07 Å². The molecule has 1 atom stereocenters. The Hall–Kier alpha value is -0.600. The van der Waals surface area contributed by atoms with Crippen molar-refractivity contribution < 1.29 is 13.0 Å². The van der Waals surface area contributed by atoms with Crippen LogP contribution in [0.4, 0.5) is 0 Å². The topological polar surface area (TPSA) is 78.2 Å². The molecule has 0 saturated heterocycles. The Labute approximate surface area is 60.2 Å². The summed E-state index contributed by atoms with van der Waals surface area (Å²) in [6.45, 7) is 2.71. The number of hydrogen-bond donors (Lipinski definition) is 1. The molecule has 5 heteroatoms. The van der Waals surface area contributed by atoms with Gasteiger partial charge in [-0.15, -0.1) is 0 Å². The van der Waals surface area contributed by atoms with Gasteiger partial charge in [-0.2, -0.15) is 13.7 Å². The zero-order valence-electron chi connectivity index (χ0n) is 5.83. The smallest absolute Gasteiger partial charge is 0.283 e. The van der Waals surface area contributed by atoms with Crippen molar-refractivity contribution >= 4 is 10.1 Å². The van der Waals surface area contributed by atoms with Gasteiger partial charge >= 0.3 is 0 Å². The maximum absolute atomic E-state index is 10.4. The molecule has 10 heavy (non-hydrogen) atoms. The fourth-order valence-electron chi connectivity index (χ4n) is 0.319. The summed E-state index contributed by atoms with van der Waals surface area (Å²) >= 11 is 0. The van der Waals surface area contributed by atoms with Gasteiger partial charge in [-0.05, 0) is 13.3 Å². The molecule has 0 aromatic heterocycles. The molecular formula is C5H9NO3S. The summed E-state index contributed by atoms with van der Waals surface area (Å²) in [6, 6.07) is 1.53. The molecule has 0 spiro atoms. The Balaban J connectivity index is 4.92. The minimum Gasteiger partial charge on any atom is -0.284 e. The molecule has 0 bridgehead atoms. The monoisotopic (exact) mass is 163 g/mol. The van der Waals surface area contributed by atoms with E-state index in [1.54, 1.807) is 0 Å². The Morgan fingerprint density at radius 2 is 2.10 bits per heavy atom. The van der Waals surface area contributed by atoms with Crippen molar-refractivity contribution in [1.29, 1.82) is 5.26 Å². The molecule has 1 unspecified atom stereocenters.